The number of benzene rings is 2. The Balaban J connectivity index is 1.37. The highest BCUT2D eigenvalue weighted by Crippen LogP contribution is 2.31. The molecule has 0 saturated carbocycles. The van der Waals surface area contributed by atoms with Crippen LogP contribution < -0.4 is 9.47 Å². The summed E-state index contributed by atoms with van der Waals surface area (Å²) < 4.78 is 11.5. The summed E-state index contributed by atoms with van der Waals surface area (Å²) >= 11 is 1.36. The number of aliphatic imine (C=N–C) groups is 1. The number of hydrogen-bond donors (Lipinski definition) is 1. The van der Waals surface area contributed by atoms with Gasteiger partial charge in [-0.25, -0.2) is 0 Å². The third-order valence-corrected chi connectivity index (χ3v) is 6.83. The number of rotatable bonds is 13. The fraction of sp³-hybridized carbons (Fsp3) is 0.333. The molecule has 0 aliphatic carbocycles. The molecular weight excluding hydrogens is 506 g/mol. The largest absolute Gasteiger partial charge is 0.490 e. The minimum Gasteiger partial charge on any atom is -0.490 e. The number of nitrogens with zero attached hydrogens (tertiary/aromatic N) is 4. The molecular formula is C27H29N5O5S. The van der Waals surface area contributed by atoms with Crippen LogP contribution in [-0.4, -0.2) is 45.1 Å². The van der Waals surface area contributed by atoms with E-state index in [0.29, 0.717) is 22.2 Å². The highest BCUT2D eigenvalue weighted by Gasteiger charge is 2.35. The summed E-state index contributed by atoms with van der Waals surface area (Å²) in [5, 5.41) is 26.7. The molecule has 0 spiro atoms. The molecule has 38 heavy (non-hydrogen) atoms. The SMILES string of the molecule is CCCCCCCC1=NN2C(=N)/C(=C/c3ccccc3OCCOc3ccc([N+](=O)[O-])cc3)C(=O)N=C2S1. The highest BCUT2D eigenvalue weighted by atomic mass is 32.2. The molecule has 10 nitrogen and oxygen atoms in total. The van der Waals surface area contributed by atoms with Gasteiger partial charge in [-0.3, -0.25) is 20.3 Å². The van der Waals surface area contributed by atoms with Crippen molar-refractivity contribution >= 4 is 45.5 Å². The Hall–Kier alpha value is -3.99. The Morgan fingerprint density at radius 3 is 2.55 bits per heavy atom. The molecule has 0 atom stereocenters. The van der Waals surface area contributed by atoms with Gasteiger partial charge >= 0.3 is 0 Å². The first-order valence-electron chi connectivity index (χ1n) is 12.5. The summed E-state index contributed by atoms with van der Waals surface area (Å²) in [5.74, 6) is 0.526. The molecule has 0 radical (unpaired) electrons. The van der Waals surface area contributed by atoms with E-state index in [-0.39, 0.29) is 30.3 Å². The number of hydrazone groups is 1. The first-order valence-corrected chi connectivity index (χ1v) is 13.4. The van der Waals surface area contributed by atoms with Crippen molar-refractivity contribution < 1.29 is 19.2 Å². The molecule has 0 unspecified atom stereocenters. The summed E-state index contributed by atoms with van der Waals surface area (Å²) in [7, 11) is 0. The van der Waals surface area contributed by atoms with Gasteiger partial charge in [-0.1, -0.05) is 50.8 Å². The number of thioether (sulfide) groups is 1. The number of nitro groups is 1. The van der Waals surface area contributed by atoms with Crippen LogP contribution in [0.3, 0.4) is 0 Å². The predicted octanol–water partition coefficient (Wildman–Crippen LogP) is 6.03. The van der Waals surface area contributed by atoms with Crippen LogP contribution in [0.5, 0.6) is 11.5 Å². The molecule has 2 aliphatic heterocycles. The summed E-state index contributed by atoms with van der Waals surface area (Å²) in [6.45, 7) is 2.61. The molecule has 0 fully saturated rings. The van der Waals surface area contributed by atoms with Crippen molar-refractivity contribution in [1.29, 1.82) is 5.41 Å². The minimum atomic E-state index is -0.482. The number of fused-ring (bicyclic) bond motifs is 1. The van der Waals surface area contributed by atoms with Crippen molar-refractivity contribution in [3.8, 4) is 11.5 Å². The van der Waals surface area contributed by atoms with Crippen molar-refractivity contribution in [3.05, 3.63) is 69.8 Å². The number of nitrogens with one attached hydrogen (secondary N) is 1. The van der Waals surface area contributed by atoms with E-state index >= 15 is 0 Å². The second-order valence-corrected chi connectivity index (χ2v) is 9.70. The Bertz CT molecular complexity index is 1290. The lowest BCUT2D eigenvalue weighted by atomic mass is 10.1. The number of amidine groups is 2. The molecule has 11 heteroatoms. The average Bonchev–Trinajstić information content (AvgIpc) is 3.32. The minimum absolute atomic E-state index is 0.00769. The number of nitro benzene ring substituents is 1. The maximum Gasteiger partial charge on any atom is 0.283 e. The Kier molecular flexibility index (Phi) is 9.26. The van der Waals surface area contributed by atoms with Gasteiger partial charge in [0.2, 0.25) is 5.17 Å². The van der Waals surface area contributed by atoms with Crippen LogP contribution in [-0.2, 0) is 4.79 Å². The monoisotopic (exact) mass is 535 g/mol. The molecule has 0 bridgehead atoms. The van der Waals surface area contributed by atoms with E-state index < -0.39 is 10.8 Å². The standard InChI is InChI=1S/C27H29N5O5S/c1-2-3-4-5-6-11-24-30-31-25(28)22(26(33)29-27(31)38-24)18-19-9-7-8-10-23(19)37-17-16-36-21-14-12-20(13-15-21)32(34)35/h7-10,12-15,18,28H,2-6,11,16-17H2,1H3/b22-18-,28-25?. The maximum absolute atomic E-state index is 12.8. The molecule has 2 heterocycles. The Labute approximate surface area is 225 Å². The lowest BCUT2D eigenvalue weighted by Gasteiger charge is -2.20. The third kappa shape index (κ3) is 6.86. The number of carbonyl (C=O) groups is 1. The van der Waals surface area contributed by atoms with Crippen LogP contribution >= 0.6 is 11.8 Å². The van der Waals surface area contributed by atoms with E-state index in [9.17, 15) is 14.9 Å². The van der Waals surface area contributed by atoms with Gasteiger partial charge < -0.3 is 9.47 Å². The van der Waals surface area contributed by atoms with Crippen molar-refractivity contribution in [2.45, 2.75) is 45.4 Å². The van der Waals surface area contributed by atoms with Crippen molar-refractivity contribution in [2.24, 2.45) is 10.1 Å². The van der Waals surface area contributed by atoms with Gasteiger partial charge in [0.15, 0.2) is 5.84 Å². The highest BCUT2D eigenvalue weighted by molar-refractivity contribution is 8.26. The summed E-state index contributed by atoms with van der Waals surface area (Å²) in [5.41, 5.74) is 0.758. The summed E-state index contributed by atoms with van der Waals surface area (Å²) in [4.78, 5) is 27.3. The number of para-hydroxylation sites is 1. The van der Waals surface area contributed by atoms with Crippen molar-refractivity contribution in [3.63, 3.8) is 0 Å². The normalized spacial score (nSPS) is 15.8. The number of hydrogen-bond acceptors (Lipinski definition) is 8. The number of carbonyl (C=O) groups excluding carboxylic acids is 1. The van der Waals surface area contributed by atoms with Gasteiger partial charge in [0.1, 0.15) is 29.8 Å². The number of non-ortho nitro benzene ring substituents is 1. The molecule has 4 rings (SSSR count). The van der Waals surface area contributed by atoms with Crippen LogP contribution in [0.15, 0.2) is 64.2 Å². The van der Waals surface area contributed by atoms with E-state index in [4.69, 9.17) is 14.9 Å². The van der Waals surface area contributed by atoms with Gasteiger partial charge in [-0.05, 0) is 48.9 Å². The molecule has 0 saturated heterocycles. The third-order valence-electron chi connectivity index (χ3n) is 5.87. The fourth-order valence-electron chi connectivity index (χ4n) is 3.87. The first-order chi connectivity index (χ1) is 18.5. The van der Waals surface area contributed by atoms with Crippen LogP contribution in [0.1, 0.15) is 51.0 Å². The van der Waals surface area contributed by atoms with Gasteiger partial charge in [-0.15, -0.1) is 0 Å². The van der Waals surface area contributed by atoms with Crippen molar-refractivity contribution in [1.82, 2.24) is 5.01 Å². The molecule has 1 N–H and O–H groups in total. The number of amides is 1. The van der Waals surface area contributed by atoms with Gasteiger partial charge in [0.25, 0.3) is 11.6 Å². The van der Waals surface area contributed by atoms with Crippen LogP contribution in [0.2, 0.25) is 0 Å². The average molecular weight is 536 g/mol. The fourth-order valence-corrected chi connectivity index (χ4v) is 4.80. The molecule has 2 aromatic rings. The van der Waals surface area contributed by atoms with Crippen LogP contribution in [0.4, 0.5) is 5.69 Å². The second kappa shape index (κ2) is 13.0. The topological polar surface area (TPSA) is 130 Å². The zero-order valence-electron chi connectivity index (χ0n) is 21.1. The summed E-state index contributed by atoms with van der Waals surface area (Å²) in [6, 6.07) is 13.0. The number of unbranched alkanes of at least 4 members (excludes halogenated alkanes) is 4. The van der Waals surface area contributed by atoms with Crippen LogP contribution in [0.25, 0.3) is 6.08 Å². The molecule has 198 valence electrons. The molecule has 0 aromatic heterocycles. The van der Waals surface area contributed by atoms with E-state index in [0.717, 1.165) is 24.3 Å². The van der Waals surface area contributed by atoms with Gasteiger partial charge in [-0.2, -0.15) is 15.1 Å². The molecule has 2 aliphatic rings. The summed E-state index contributed by atoms with van der Waals surface area (Å²) in [6.07, 6.45) is 8.18. The maximum atomic E-state index is 12.8. The smallest absolute Gasteiger partial charge is 0.283 e. The zero-order valence-corrected chi connectivity index (χ0v) is 21.9. The molecule has 1 amide bonds. The van der Waals surface area contributed by atoms with Gasteiger partial charge in [0.05, 0.1) is 10.5 Å². The van der Waals surface area contributed by atoms with E-state index in [1.165, 1.54) is 60.3 Å². The zero-order chi connectivity index (χ0) is 26.9. The number of ether oxygens (including phenoxy) is 2. The second-order valence-electron chi connectivity index (χ2n) is 8.66. The first kappa shape index (κ1) is 27.1. The van der Waals surface area contributed by atoms with E-state index in [2.05, 4.69) is 17.0 Å². The van der Waals surface area contributed by atoms with Crippen LogP contribution in [0, 0.1) is 15.5 Å². The van der Waals surface area contributed by atoms with Gasteiger partial charge in [0, 0.05) is 17.7 Å². The van der Waals surface area contributed by atoms with Crippen molar-refractivity contribution in [2.75, 3.05) is 13.2 Å². The molecule has 2 aromatic carbocycles. The lowest BCUT2D eigenvalue weighted by molar-refractivity contribution is -0.384. The Morgan fingerprint density at radius 1 is 1.05 bits per heavy atom. The van der Waals surface area contributed by atoms with E-state index in [1.807, 2.05) is 12.1 Å². The quantitative estimate of drug-likeness (QED) is 0.143. The lowest BCUT2D eigenvalue weighted by Crippen LogP contribution is -2.35. The Morgan fingerprint density at radius 2 is 1.79 bits per heavy atom. The predicted molar refractivity (Wildman–Crippen MR) is 149 cm³/mol. The van der Waals surface area contributed by atoms with E-state index in [1.54, 1.807) is 18.2 Å².